The maximum absolute atomic E-state index is 2.32. The topological polar surface area (TPSA) is 0 Å². The molecule has 0 radical (unpaired) electrons. The van der Waals surface area contributed by atoms with E-state index in [0.29, 0.717) is 5.92 Å². The van der Waals surface area contributed by atoms with E-state index in [-0.39, 0.29) is 51.0 Å². The van der Waals surface area contributed by atoms with Crippen LogP contribution in [0, 0.1) is 13.8 Å². The first-order valence-corrected chi connectivity index (χ1v) is 7.79. The molecule has 2 aromatic rings. The van der Waals surface area contributed by atoms with Crippen molar-refractivity contribution in [1.29, 1.82) is 0 Å². The molecule has 0 nitrogen and oxygen atoms in total. The van der Waals surface area contributed by atoms with E-state index in [0.717, 1.165) is 12.8 Å². The molecule has 4 rings (SSSR count). The molecule has 3 heteroatoms. The molecule has 122 valence electrons. The Hall–Kier alpha value is -0.617. The van der Waals surface area contributed by atoms with Gasteiger partial charge in [-0.1, -0.05) is 60.2 Å². The van der Waals surface area contributed by atoms with Crippen molar-refractivity contribution in [3.05, 3.63) is 82.5 Å². The molecule has 2 aliphatic rings. The Balaban J connectivity index is 0.000000960. The third-order valence-corrected chi connectivity index (χ3v) is 4.94. The molecule has 0 saturated carbocycles. The largest absolute Gasteiger partial charge is 2.00 e. The summed E-state index contributed by atoms with van der Waals surface area (Å²) in [7, 11) is 0. The van der Waals surface area contributed by atoms with Crippen LogP contribution >= 0.6 is 0 Å². The minimum Gasteiger partial charge on any atom is -1.00 e. The molecule has 2 aliphatic carbocycles. The summed E-state index contributed by atoms with van der Waals surface area (Å²) in [5.41, 5.74) is 10.4. The standard InChI is InChI=1S/C21H20.2ClH.Zr/c1-14-11-12-15(2)21-19(13-16-7-3-4-8-16)17-9-5-6-10-18(17)20(14)21;;;/h3-7,9-12,19H,8,13H2,1-2H3;2*1H;/q;;;+2/p-2. The van der Waals surface area contributed by atoms with Crippen molar-refractivity contribution in [2.45, 2.75) is 32.6 Å². The molecule has 0 bridgehead atoms. The van der Waals surface area contributed by atoms with Gasteiger partial charge in [-0.05, 0) is 60.1 Å². The Bertz CT molecular complexity index is 790. The van der Waals surface area contributed by atoms with Crippen LogP contribution in [-0.4, -0.2) is 0 Å². The van der Waals surface area contributed by atoms with E-state index in [1.54, 1.807) is 11.1 Å². The van der Waals surface area contributed by atoms with Crippen LogP contribution in [0.3, 0.4) is 0 Å². The van der Waals surface area contributed by atoms with E-state index in [2.05, 4.69) is 68.5 Å². The number of rotatable bonds is 2. The second-order valence-electron chi connectivity index (χ2n) is 6.29. The van der Waals surface area contributed by atoms with Crippen molar-refractivity contribution >= 4 is 0 Å². The second-order valence-corrected chi connectivity index (χ2v) is 6.29. The number of aryl methyl sites for hydroxylation is 2. The molecular weight excluding hydrogens is 414 g/mol. The Labute approximate surface area is 176 Å². The number of hydrogen-bond donors (Lipinski definition) is 0. The Kier molecular flexibility index (Phi) is 7.73. The van der Waals surface area contributed by atoms with E-state index >= 15 is 0 Å². The third-order valence-electron chi connectivity index (χ3n) is 4.94. The number of allylic oxidation sites excluding steroid dienone is 4. The summed E-state index contributed by atoms with van der Waals surface area (Å²) in [6.45, 7) is 4.51. The van der Waals surface area contributed by atoms with Crippen molar-refractivity contribution in [2.75, 3.05) is 0 Å². The average Bonchev–Trinajstić information content (AvgIpc) is 3.11. The van der Waals surface area contributed by atoms with Crippen LogP contribution in [0.2, 0.25) is 0 Å². The van der Waals surface area contributed by atoms with Gasteiger partial charge in [0.05, 0.1) is 0 Å². The normalized spacial score (nSPS) is 16.2. The molecular formula is C21H20Cl2Zr. The number of benzene rings is 2. The molecule has 0 aliphatic heterocycles. The van der Waals surface area contributed by atoms with Crippen LogP contribution < -0.4 is 24.8 Å². The first-order valence-electron chi connectivity index (χ1n) is 7.79. The monoisotopic (exact) mass is 432 g/mol. The molecule has 1 atom stereocenters. The Morgan fingerprint density at radius 2 is 1.67 bits per heavy atom. The van der Waals surface area contributed by atoms with Gasteiger partial charge < -0.3 is 24.8 Å². The summed E-state index contributed by atoms with van der Waals surface area (Å²) in [6, 6.07) is 13.5. The smallest absolute Gasteiger partial charge is 1.00 e. The third kappa shape index (κ3) is 3.50. The predicted octanol–water partition coefficient (Wildman–Crippen LogP) is -0.302. The summed E-state index contributed by atoms with van der Waals surface area (Å²) >= 11 is 0. The Morgan fingerprint density at radius 3 is 2.38 bits per heavy atom. The maximum atomic E-state index is 2.32. The molecule has 24 heavy (non-hydrogen) atoms. The summed E-state index contributed by atoms with van der Waals surface area (Å²) in [5.74, 6) is 0.530. The van der Waals surface area contributed by atoms with Crippen molar-refractivity contribution in [1.82, 2.24) is 0 Å². The Morgan fingerprint density at radius 1 is 0.958 bits per heavy atom. The zero-order valence-electron chi connectivity index (χ0n) is 13.9. The van der Waals surface area contributed by atoms with Crippen LogP contribution in [0.15, 0.2) is 60.2 Å². The number of halogens is 2. The molecule has 2 aromatic carbocycles. The summed E-state index contributed by atoms with van der Waals surface area (Å²) < 4.78 is 0. The second kappa shape index (κ2) is 8.66. The summed E-state index contributed by atoms with van der Waals surface area (Å²) in [6.07, 6.45) is 9.03. The van der Waals surface area contributed by atoms with Gasteiger partial charge >= 0.3 is 26.2 Å². The number of hydrogen-bond acceptors (Lipinski definition) is 0. The quantitative estimate of drug-likeness (QED) is 0.609. The van der Waals surface area contributed by atoms with Crippen LogP contribution in [0.4, 0.5) is 0 Å². The van der Waals surface area contributed by atoms with Gasteiger partial charge in [0.15, 0.2) is 0 Å². The first kappa shape index (κ1) is 21.4. The van der Waals surface area contributed by atoms with E-state index in [4.69, 9.17) is 0 Å². The van der Waals surface area contributed by atoms with Crippen LogP contribution in [0.1, 0.15) is 41.0 Å². The van der Waals surface area contributed by atoms with Crippen LogP contribution in [0.25, 0.3) is 11.1 Å². The average molecular weight is 435 g/mol. The minimum absolute atomic E-state index is 0. The van der Waals surface area contributed by atoms with Crippen molar-refractivity contribution in [3.8, 4) is 11.1 Å². The van der Waals surface area contributed by atoms with Gasteiger partial charge in [0.1, 0.15) is 0 Å². The van der Waals surface area contributed by atoms with E-state index in [1.807, 2.05) is 0 Å². The van der Waals surface area contributed by atoms with Crippen molar-refractivity contribution < 1.29 is 51.0 Å². The fraction of sp³-hybridized carbons (Fsp3) is 0.238. The van der Waals surface area contributed by atoms with Gasteiger partial charge in [-0.2, -0.15) is 0 Å². The molecule has 0 fully saturated rings. The molecule has 0 aromatic heterocycles. The molecule has 0 saturated heterocycles. The molecule has 0 N–H and O–H groups in total. The van der Waals surface area contributed by atoms with Gasteiger partial charge in [-0.15, -0.1) is 0 Å². The van der Waals surface area contributed by atoms with Crippen molar-refractivity contribution in [3.63, 3.8) is 0 Å². The van der Waals surface area contributed by atoms with Gasteiger partial charge in [-0.25, -0.2) is 0 Å². The summed E-state index contributed by atoms with van der Waals surface area (Å²) in [4.78, 5) is 0. The fourth-order valence-electron chi connectivity index (χ4n) is 3.94. The molecule has 0 spiro atoms. The van der Waals surface area contributed by atoms with E-state index in [9.17, 15) is 0 Å². The fourth-order valence-corrected chi connectivity index (χ4v) is 3.94. The van der Waals surface area contributed by atoms with Crippen LogP contribution in [-0.2, 0) is 26.2 Å². The van der Waals surface area contributed by atoms with E-state index < -0.39 is 0 Å². The predicted molar refractivity (Wildman–Crippen MR) is 89.7 cm³/mol. The maximum Gasteiger partial charge on any atom is 2.00 e. The zero-order chi connectivity index (χ0) is 14.4. The summed E-state index contributed by atoms with van der Waals surface area (Å²) in [5, 5.41) is 0. The van der Waals surface area contributed by atoms with Gasteiger partial charge in [0, 0.05) is 5.92 Å². The molecule has 1 unspecified atom stereocenters. The van der Waals surface area contributed by atoms with Gasteiger partial charge in [0.25, 0.3) is 0 Å². The number of fused-ring (bicyclic) bond motifs is 3. The first-order chi connectivity index (χ1) is 10.3. The van der Waals surface area contributed by atoms with Crippen LogP contribution in [0.5, 0.6) is 0 Å². The minimum atomic E-state index is 0. The SMILES string of the molecule is Cc1ccc(C)c2c1-c1ccccc1C2CC1=CC=CC1.[Cl-].[Cl-].[Zr+2]. The molecule has 0 amide bonds. The van der Waals surface area contributed by atoms with Gasteiger partial charge in [0.2, 0.25) is 0 Å². The molecule has 0 heterocycles. The van der Waals surface area contributed by atoms with E-state index in [1.165, 1.54) is 27.8 Å². The zero-order valence-corrected chi connectivity index (χ0v) is 17.9. The van der Waals surface area contributed by atoms with Gasteiger partial charge in [-0.3, -0.25) is 0 Å². The van der Waals surface area contributed by atoms with Crippen molar-refractivity contribution in [2.24, 2.45) is 0 Å².